The quantitative estimate of drug-likeness (QED) is 0.541. The standard InChI is InChI=1S/C22H19FN4O5/c1-31-18-8-7-14(9-19(18)32-2)25-21(28)15-11-24-27-17(12-3-5-13(23)6-4-12)10-16(22(29)30)26-20(15)27/h3-11,17,26H,1-2H3,(H,25,28)(H,29,30). The Morgan fingerprint density at radius 2 is 1.84 bits per heavy atom. The van der Waals surface area contributed by atoms with Crippen molar-refractivity contribution in [3.63, 3.8) is 0 Å². The molecule has 1 aliphatic heterocycles. The summed E-state index contributed by atoms with van der Waals surface area (Å²) in [6.45, 7) is 0. The first kappa shape index (κ1) is 20.9. The van der Waals surface area contributed by atoms with Crippen LogP contribution in [0.3, 0.4) is 0 Å². The van der Waals surface area contributed by atoms with Crippen LogP contribution in [0.15, 0.2) is 60.4 Å². The highest BCUT2D eigenvalue weighted by molar-refractivity contribution is 6.08. The summed E-state index contributed by atoms with van der Waals surface area (Å²) in [5.41, 5.74) is 1.08. The van der Waals surface area contributed by atoms with Crippen LogP contribution in [-0.2, 0) is 4.79 Å². The number of carboxylic acid groups (broad SMARTS) is 1. The molecule has 1 unspecified atom stereocenters. The zero-order valence-electron chi connectivity index (χ0n) is 17.1. The Morgan fingerprint density at radius 3 is 2.50 bits per heavy atom. The number of halogens is 1. The van der Waals surface area contributed by atoms with Crippen LogP contribution in [0.2, 0.25) is 0 Å². The second kappa shape index (κ2) is 8.42. The van der Waals surface area contributed by atoms with Crippen molar-refractivity contribution in [1.29, 1.82) is 0 Å². The van der Waals surface area contributed by atoms with E-state index in [1.54, 1.807) is 18.2 Å². The van der Waals surface area contributed by atoms with Gasteiger partial charge in [0.25, 0.3) is 5.91 Å². The fraction of sp³-hybridized carbons (Fsp3) is 0.136. The molecule has 32 heavy (non-hydrogen) atoms. The average Bonchev–Trinajstić information content (AvgIpc) is 3.23. The van der Waals surface area contributed by atoms with Crippen LogP contribution < -0.4 is 20.1 Å². The van der Waals surface area contributed by atoms with Gasteiger partial charge in [-0.25, -0.2) is 13.9 Å². The van der Waals surface area contributed by atoms with Crippen molar-refractivity contribution in [3.8, 4) is 11.5 Å². The third-order valence-electron chi connectivity index (χ3n) is 4.96. The van der Waals surface area contributed by atoms with Crippen LogP contribution in [0.25, 0.3) is 0 Å². The molecule has 0 saturated heterocycles. The number of carbonyl (C=O) groups is 2. The zero-order chi connectivity index (χ0) is 22.8. The molecular formula is C22H19FN4O5. The number of aliphatic carboxylic acids is 1. The number of hydrogen-bond acceptors (Lipinski definition) is 6. The van der Waals surface area contributed by atoms with Gasteiger partial charge in [-0.05, 0) is 35.9 Å². The maximum absolute atomic E-state index is 13.4. The van der Waals surface area contributed by atoms with E-state index < -0.39 is 23.7 Å². The van der Waals surface area contributed by atoms with Crippen molar-refractivity contribution in [2.24, 2.45) is 0 Å². The number of aromatic nitrogens is 2. The molecule has 2 aromatic carbocycles. The number of nitrogens with zero attached hydrogens (tertiary/aromatic N) is 2. The molecule has 1 amide bonds. The Bertz CT molecular complexity index is 1220. The molecule has 164 valence electrons. The molecule has 0 spiro atoms. The molecular weight excluding hydrogens is 419 g/mol. The summed E-state index contributed by atoms with van der Waals surface area (Å²) in [5, 5.41) is 19.3. The van der Waals surface area contributed by atoms with Gasteiger partial charge in [0.2, 0.25) is 0 Å². The lowest BCUT2D eigenvalue weighted by molar-refractivity contribution is -0.132. The summed E-state index contributed by atoms with van der Waals surface area (Å²) in [4.78, 5) is 24.6. The van der Waals surface area contributed by atoms with E-state index in [1.807, 2.05) is 0 Å². The number of carboxylic acids is 1. The first-order valence-electron chi connectivity index (χ1n) is 9.49. The van der Waals surface area contributed by atoms with E-state index in [0.29, 0.717) is 22.7 Å². The number of ether oxygens (including phenoxy) is 2. The van der Waals surface area contributed by atoms with Crippen molar-refractivity contribution in [2.75, 3.05) is 24.9 Å². The first-order valence-corrected chi connectivity index (χ1v) is 9.49. The lowest BCUT2D eigenvalue weighted by atomic mass is 10.0. The molecule has 0 fully saturated rings. The number of benzene rings is 2. The minimum absolute atomic E-state index is 0.118. The molecule has 0 bridgehead atoms. The summed E-state index contributed by atoms with van der Waals surface area (Å²) in [7, 11) is 2.99. The number of hydrogen-bond donors (Lipinski definition) is 3. The summed E-state index contributed by atoms with van der Waals surface area (Å²) in [6, 6.07) is 9.89. The summed E-state index contributed by atoms with van der Waals surface area (Å²) in [5.74, 6) is -0.967. The van der Waals surface area contributed by atoms with E-state index in [2.05, 4.69) is 15.7 Å². The maximum Gasteiger partial charge on any atom is 0.352 e. The average molecular weight is 438 g/mol. The van der Waals surface area contributed by atoms with E-state index in [4.69, 9.17) is 9.47 Å². The van der Waals surface area contributed by atoms with Crippen LogP contribution in [0, 0.1) is 5.82 Å². The van der Waals surface area contributed by atoms with Gasteiger partial charge in [0.15, 0.2) is 11.5 Å². The van der Waals surface area contributed by atoms with Gasteiger partial charge in [0, 0.05) is 11.8 Å². The fourth-order valence-electron chi connectivity index (χ4n) is 3.40. The molecule has 0 saturated carbocycles. The Labute approximate surface area is 182 Å². The van der Waals surface area contributed by atoms with Crippen LogP contribution in [-0.4, -0.2) is 41.0 Å². The molecule has 1 aromatic heterocycles. The highest BCUT2D eigenvalue weighted by atomic mass is 19.1. The third kappa shape index (κ3) is 3.85. The second-order valence-corrected chi connectivity index (χ2v) is 6.88. The van der Waals surface area contributed by atoms with Gasteiger partial charge in [-0.3, -0.25) is 4.79 Å². The number of allylic oxidation sites excluding steroid dienone is 1. The third-order valence-corrected chi connectivity index (χ3v) is 4.96. The van der Waals surface area contributed by atoms with Gasteiger partial charge in [-0.2, -0.15) is 5.10 Å². The predicted molar refractivity (Wildman–Crippen MR) is 114 cm³/mol. The molecule has 0 radical (unpaired) electrons. The van der Waals surface area contributed by atoms with E-state index >= 15 is 0 Å². The van der Waals surface area contributed by atoms with Crippen molar-refractivity contribution in [1.82, 2.24) is 9.78 Å². The summed E-state index contributed by atoms with van der Waals surface area (Å²) in [6.07, 6.45) is 2.79. The molecule has 3 aromatic rings. The van der Waals surface area contributed by atoms with Gasteiger partial charge in [-0.1, -0.05) is 12.1 Å². The van der Waals surface area contributed by atoms with Crippen molar-refractivity contribution >= 4 is 23.4 Å². The second-order valence-electron chi connectivity index (χ2n) is 6.88. The highest BCUT2D eigenvalue weighted by Crippen LogP contribution is 2.33. The molecule has 10 heteroatoms. The highest BCUT2D eigenvalue weighted by Gasteiger charge is 2.29. The molecule has 4 rings (SSSR count). The number of carbonyl (C=O) groups excluding carboxylic acids is 1. The summed E-state index contributed by atoms with van der Waals surface area (Å²) >= 11 is 0. The minimum atomic E-state index is -1.20. The number of anilines is 2. The van der Waals surface area contributed by atoms with Gasteiger partial charge in [0.1, 0.15) is 22.9 Å². The monoisotopic (exact) mass is 438 g/mol. The van der Waals surface area contributed by atoms with Gasteiger partial charge >= 0.3 is 5.97 Å². The van der Waals surface area contributed by atoms with Gasteiger partial charge in [0.05, 0.1) is 26.5 Å². The number of fused-ring (bicyclic) bond motifs is 1. The van der Waals surface area contributed by atoms with E-state index in [-0.39, 0.29) is 17.1 Å². The van der Waals surface area contributed by atoms with Gasteiger partial charge < -0.3 is 25.2 Å². The fourth-order valence-corrected chi connectivity index (χ4v) is 3.40. The molecule has 3 N–H and O–H groups in total. The van der Waals surface area contributed by atoms with Crippen LogP contribution >= 0.6 is 0 Å². The van der Waals surface area contributed by atoms with Crippen molar-refractivity contribution < 1.29 is 28.6 Å². The Hall–Kier alpha value is -4.34. The van der Waals surface area contributed by atoms with Crippen molar-refractivity contribution in [3.05, 3.63) is 77.4 Å². The molecule has 9 nitrogen and oxygen atoms in total. The lowest BCUT2D eigenvalue weighted by Gasteiger charge is -2.24. The van der Waals surface area contributed by atoms with E-state index in [0.717, 1.165) is 0 Å². The topological polar surface area (TPSA) is 115 Å². The van der Waals surface area contributed by atoms with Crippen LogP contribution in [0.1, 0.15) is 22.0 Å². The van der Waals surface area contributed by atoms with Crippen LogP contribution in [0.5, 0.6) is 11.5 Å². The lowest BCUT2D eigenvalue weighted by Crippen LogP contribution is -2.25. The van der Waals surface area contributed by atoms with Crippen LogP contribution in [0.4, 0.5) is 15.9 Å². The van der Waals surface area contributed by atoms with Gasteiger partial charge in [-0.15, -0.1) is 0 Å². The SMILES string of the molecule is COc1ccc(NC(=O)c2cnn3c2NC(C(=O)O)=CC3c2ccc(F)cc2)cc1OC. The normalized spacial score (nSPS) is 14.6. The Morgan fingerprint density at radius 1 is 1.12 bits per heavy atom. The van der Waals surface area contributed by atoms with E-state index in [1.165, 1.54) is 55.4 Å². The summed E-state index contributed by atoms with van der Waals surface area (Å²) < 4.78 is 25.3. The molecule has 2 heterocycles. The smallest absolute Gasteiger partial charge is 0.352 e. The molecule has 0 aliphatic carbocycles. The van der Waals surface area contributed by atoms with Crippen molar-refractivity contribution in [2.45, 2.75) is 6.04 Å². The predicted octanol–water partition coefficient (Wildman–Crippen LogP) is 3.28. The Balaban J connectivity index is 1.68. The Kier molecular flexibility index (Phi) is 5.50. The number of methoxy groups -OCH3 is 2. The van der Waals surface area contributed by atoms with E-state index in [9.17, 15) is 19.1 Å². The molecule has 1 aliphatic rings. The molecule has 1 atom stereocenters. The maximum atomic E-state index is 13.4. The zero-order valence-corrected chi connectivity index (χ0v) is 17.1. The first-order chi connectivity index (χ1) is 15.4. The minimum Gasteiger partial charge on any atom is -0.493 e. The number of amides is 1. The number of rotatable bonds is 6. The number of nitrogens with one attached hydrogen (secondary N) is 2. The largest absolute Gasteiger partial charge is 0.493 e.